The van der Waals surface area contributed by atoms with Gasteiger partial charge < -0.3 is 4.74 Å². The van der Waals surface area contributed by atoms with Crippen molar-refractivity contribution in [1.82, 2.24) is 4.90 Å². The zero-order chi connectivity index (χ0) is 16.3. The largest absolute Gasteiger partial charge is 0.489 e. The van der Waals surface area contributed by atoms with Crippen molar-refractivity contribution >= 4 is 0 Å². The van der Waals surface area contributed by atoms with Gasteiger partial charge in [0.05, 0.1) is 0 Å². The van der Waals surface area contributed by atoms with Gasteiger partial charge in [-0.15, -0.1) is 0 Å². The summed E-state index contributed by atoms with van der Waals surface area (Å²) in [4.78, 5) is 2.49. The standard InChI is InChI=1S/C21H27NO/c1-3-5-15-22(17-19-11-7-6-8-12-19)18-20-13-9-10-14-21(20)23-16-4-2/h4,6-14H,2-3,5,15-18H2,1H3. The lowest BCUT2D eigenvalue weighted by molar-refractivity contribution is 0.247. The fourth-order valence-electron chi connectivity index (χ4n) is 2.60. The minimum Gasteiger partial charge on any atom is -0.489 e. The maximum atomic E-state index is 5.80. The highest BCUT2D eigenvalue weighted by Gasteiger charge is 2.10. The van der Waals surface area contributed by atoms with Crippen molar-refractivity contribution in [3.63, 3.8) is 0 Å². The van der Waals surface area contributed by atoms with E-state index in [-0.39, 0.29) is 0 Å². The molecule has 0 atom stereocenters. The van der Waals surface area contributed by atoms with Crippen LogP contribution < -0.4 is 4.74 Å². The van der Waals surface area contributed by atoms with Crippen molar-refractivity contribution < 1.29 is 4.74 Å². The fraction of sp³-hybridized carbons (Fsp3) is 0.333. The van der Waals surface area contributed by atoms with Gasteiger partial charge in [-0.3, -0.25) is 4.90 Å². The zero-order valence-electron chi connectivity index (χ0n) is 14.1. The lowest BCUT2D eigenvalue weighted by Crippen LogP contribution is -2.24. The van der Waals surface area contributed by atoms with E-state index in [4.69, 9.17) is 4.74 Å². The third kappa shape index (κ3) is 5.91. The molecule has 0 bridgehead atoms. The Morgan fingerprint density at radius 1 is 1.00 bits per heavy atom. The minimum absolute atomic E-state index is 0.546. The van der Waals surface area contributed by atoms with Crippen LogP contribution in [-0.2, 0) is 13.1 Å². The molecule has 122 valence electrons. The number of hydrogen-bond acceptors (Lipinski definition) is 2. The highest BCUT2D eigenvalue weighted by molar-refractivity contribution is 5.33. The Morgan fingerprint density at radius 2 is 1.74 bits per heavy atom. The Balaban J connectivity index is 2.09. The molecule has 0 unspecified atom stereocenters. The molecular weight excluding hydrogens is 282 g/mol. The molecule has 0 N–H and O–H groups in total. The van der Waals surface area contributed by atoms with Crippen LogP contribution in [0.3, 0.4) is 0 Å². The van der Waals surface area contributed by atoms with Gasteiger partial charge in [-0.25, -0.2) is 0 Å². The fourth-order valence-corrected chi connectivity index (χ4v) is 2.60. The molecule has 0 saturated heterocycles. The highest BCUT2D eigenvalue weighted by Crippen LogP contribution is 2.21. The molecule has 2 aromatic rings. The summed E-state index contributed by atoms with van der Waals surface area (Å²) < 4.78 is 5.80. The van der Waals surface area contributed by atoms with E-state index >= 15 is 0 Å². The van der Waals surface area contributed by atoms with Gasteiger partial charge in [-0.1, -0.05) is 74.5 Å². The number of unbranched alkanes of at least 4 members (excludes halogenated alkanes) is 1. The lowest BCUT2D eigenvalue weighted by atomic mass is 10.1. The van der Waals surface area contributed by atoms with Crippen LogP contribution in [0.1, 0.15) is 30.9 Å². The van der Waals surface area contributed by atoms with E-state index < -0.39 is 0 Å². The van der Waals surface area contributed by atoms with Crippen LogP contribution in [0, 0.1) is 0 Å². The first kappa shape index (κ1) is 17.3. The van der Waals surface area contributed by atoms with Crippen molar-refractivity contribution in [3.05, 3.63) is 78.4 Å². The van der Waals surface area contributed by atoms with E-state index in [1.165, 1.54) is 24.0 Å². The summed E-state index contributed by atoms with van der Waals surface area (Å²) in [6.45, 7) is 9.48. The SMILES string of the molecule is C=CCOc1ccccc1CN(CCCC)Cc1ccccc1. The Bertz CT molecular complexity index is 579. The van der Waals surface area contributed by atoms with E-state index in [2.05, 4.69) is 60.9 Å². The van der Waals surface area contributed by atoms with Crippen molar-refractivity contribution in [1.29, 1.82) is 0 Å². The molecule has 2 rings (SSSR count). The Hall–Kier alpha value is -2.06. The van der Waals surface area contributed by atoms with Crippen molar-refractivity contribution in [3.8, 4) is 5.75 Å². The molecule has 0 aromatic heterocycles. The first-order chi connectivity index (χ1) is 11.3. The van der Waals surface area contributed by atoms with Crippen LogP contribution in [0.25, 0.3) is 0 Å². The topological polar surface area (TPSA) is 12.5 Å². The summed E-state index contributed by atoms with van der Waals surface area (Å²) in [6, 6.07) is 19.0. The van der Waals surface area contributed by atoms with Gasteiger partial charge in [0, 0.05) is 18.7 Å². The molecule has 0 heterocycles. The Kier molecular flexibility index (Phi) is 7.41. The van der Waals surface area contributed by atoms with Gasteiger partial charge in [0.25, 0.3) is 0 Å². The van der Waals surface area contributed by atoms with Gasteiger partial charge in [0.15, 0.2) is 0 Å². The summed E-state index contributed by atoms with van der Waals surface area (Å²) >= 11 is 0. The number of para-hydroxylation sites is 1. The van der Waals surface area contributed by atoms with Gasteiger partial charge in [-0.05, 0) is 24.6 Å². The molecule has 0 fully saturated rings. The second kappa shape index (κ2) is 9.86. The predicted molar refractivity (Wildman–Crippen MR) is 97.6 cm³/mol. The monoisotopic (exact) mass is 309 g/mol. The van der Waals surface area contributed by atoms with E-state index in [0.717, 1.165) is 25.4 Å². The van der Waals surface area contributed by atoms with Gasteiger partial charge in [0.2, 0.25) is 0 Å². The normalized spacial score (nSPS) is 10.7. The van der Waals surface area contributed by atoms with Crippen LogP contribution in [0.2, 0.25) is 0 Å². The Labute approximate surface area is 140 Å². The van der Waals surface area contributed by atoms with E-state index in [1.54, 1.807) is 6.08 Å². The minimum atomic E-state index is 0.546. The Morgan fingerprint density at radius 3 is 2.48 bits per heavy atom. The summed E-state index contributed by atoms with van der Waals surface area (Å²) in [6.07, 6.45) is 4.21. The summed E-state index contributed by atoms with van der Waals surface area (Å²) in [5.74, 6) is 0.960. The molecule has 0 saturated carbocycles. The average molecular weight is 309 g/mol. The van der Waals surface area contributed by atoms with Gasteiger partial charge in [-0.2, -0.15) is 0 Å². The molecule has 0 amide bonds. The molecule has 0 aliphatic heterocycles. The molecule has 0 aliphatic rings. The average Bonchev–Trinajstić information content (AvgIpc) is 2.60. The summed E-state index contributed by atoms with van der Waals surface area (Å²) in [5.41, 5.74) is 2.59. The molecular formula is C21H27NO. The number of nitrogens with zero attached hydrogens (tertiary/aromatic N) is 1. The zero-order valence-corrected chi connectivity index (χ0v) is 14.1. The van der Waals surface area contributed by atoms with Gasteiger partial charge >= 0.3 is 0 Å². The van der Waals surface area contributed by atoms with Crippen molar-refractivity contribution in [2.75, 3.05) is 13.2 Å². The first-order valence-electron chi connectivity index (χ1n) is 8.41. The van der Waals surface area contributed by atoms with Crippen LogP contribution in [0.15, 0.2) is 67.3 Å². The van der Waals surface area contributed by atoms with E-state index in [1.807, 2.05) is 12.1 Å². The number of hydrogen-bond donors (Lipinski definition) is 0. The first-order valence-corrected chi connectivity index (χ1v) is 8.41. The van der Waals surface area contributed by atoms with E-state index in [9.17, 15) is 0 Å². The van der Waals surface area contributed by atoms with Gasteiger partial charge in [0.1, 0.15) is 12.4 Å². The molecule has 0 aliphatic carbocycles. The lowest BCUT2D eigenvalue weighted by Gasteiger charge is -2.23. The van der Waals surface area contributed by atoms with Crippen LogP contribution in [0.5, 0.6) is 5.75 Å². The second-order valence-corrected chi connectivity index (χ2v) is 5.76. The maximum absolute atomic E-state index is 5.80. The smallest absolute Gasteiger partial charge is 0.124 e. The second-order valence-electron chi connectivity index (χ2n) is 5.76. The number of benzene rings is 2. The highest BCUT2D eigenvalue weighted by atomic mass is 16.5. The molecule has 2 nitrogen and oxygen atoms in total. The van der Waals surface area contributed by atoms with Crippen molar-refractivity contribution in [2.24, 2.45) is 0 Å². The molecule has 2 heteroatoms. The third-order valence-corrected chi connectivity index (χ3v) is 3.80. The van der Waals surface area contributed by atoms with Crippen LogP contribution in [-0.4, -0.2) is 18.1 Å². The number of rotatable bonds is 10. The molecule has 0 spiro atoms. The summed E-state index contributed by atoms with van der Waals surface area (Å²) in [7, 11) is 0. The summed E-state index contributed by atoms with van der Waals surface area (Å²) in [5, 5.41) is 0. The maximum Gasteiger partial charge on any atom is 0.124 e. The van der Waals surface area contributed by atoms with Crippen LogP contribution >= 0.6 is 0 Å². The molecule has 2 aromatic carbocycles. The third-order valence-electron chi connectivity index (χ3n) is 3.80. The number of ether oxygens (including phenoxy) is 1. The van der Waals surface area contributed by atoms with Crippen LogP contribution in [0.4, 0.5) is 0 Å². The molecule has 23 heavy (non-hydrogen) atoms. The van der Waals surface area contributed by atoms with E-state index in [0.29, 0.717) is 6.61 Å². The van der Waals surface area contributed by atoms with Crippen molar-refractivity contribution in [2.45, 2.75) is 32.9 Å². The quantitative estimate of drug-likeness (QED) is 0.569. The predicted octanol–water partition coefficient (Wildman–Crippen LogP) is 5.05. The molecule has 0 radical (unpaired) electrons.